The molecular formula is C15H18ClNO6. The molecule has 23 heavy (non-hydrogen) atoms. The number of carbonyl (C=O) groups is 2. The van der Waals surface area contributed by atoms with Crippen LogP contribution in [0.25, 0.3) is 0 Å². The lowest BCUT2D eigenvalue weighted by molar-refractivity contribution is -0.484. The highest BCUT2D eigenvalue weighted by Gasteiger charge is 2.42. The Hall–Kier alpha value is -2.15. The molecule has 0 unspecified atom stereocenters. The van der Waals surface area contributed by atoms with Gasteiger partial charge in [0.15, 0.2) is 5.92 Å². The van der Waals surface area contributed by atoms with Crippen LogP contribution in [0.1, 0.15) is 25.3 Å². The average Bonchev–Trinajstić information content (AvgIpc) is 2.47. The van der Waals surface area contributed by atoms with E-state index < -0.39 is 35.2 Å². The molecule has 0 aliphatic rings. The Bertz CT molecular complexity index is 559. The van der Waals surface area contributed by atoms with Crippen LogP contribution in [0.15, 0.2) is 24.3 Å². The first kappa shape index (κ1) is 18.9. The van der Waals surface area contributed by atoms with E-state index in [9.17, 15) is 19.7 Å². The van der Waals surface area contributed by atoms with Gasteiger partial charge in [-0.1, -0.05) is 29.8 Å². The number of rotatable bonds is 8. The molecule has 7 nitrogen and oxygen atoms in total. The Morgan fingerprint density at radius 1 is 1.17 bits per heavy atom. The molecule has 0 aliphatic carbocycles. The van der Waals surface area contributed by atoms with Gasteiger partial charge in [0.2, 0.25) is 6.54 Å². The number of nitro groups is 1. The van der Waals surface area contributed by atoms with Gasteiger partial charge < -0.3 is 9.47 Å². The minimum atomic E-state index is -1.44. The minimum absolute atomic E-state index is 0.0441. The van der Waals surface area contributed by atoms with Crippen molar-refractivity contribution in [1.29, 1.82) is 0 Å². The van der Waals surface area contributed by atoms with Gasteiger partial charge in [-0.25, -0.2) is 0 Å². The van der Waals surface area contributed by atoms with Crippen LogP contribution in [-0.2, 0) is 19.1 Å². The van der Waals surface area contributed by atoms with Gasteiger partial charge >= 0.3 is 11.9 Å². The minimum Gasteiger partial charge on any atom is -0.465 e. The lowest BCUT2D eigenvalue weighted by Gasteiger charge is -2.22. The number of nitrogens with zero attached hydrogens (tertiary/aromatic N) is 1. The molecule has 1 aromatic rings. The van der Waals surface area contributed by atoms with E-state index in [0.29, 0.717) is 5.56 Å². The van der Waals surface area contributed by atoms with Crippen molar-refractivity contribution in [2.75, 3.05) is 19.8 Å². The first-order valence-electron chi connectivity index (χ1n) is 7.11. The van der Waals surface area contributed by atoms with E-state index in [-0.39, 0.29) is 18.2 Å². The van der Waals surface area contributed by atoms with Gasteiger partial charge in [0.25, 0.3) is 0 Å². The third-order valence-corrected chi connectivity index (χ3v) is 3.48. The monoisotopic (exact) mass is 343 g/mol. The van der Waals surface area contributed by atoms with Gasteiger partial charge in [0, 0.05) is 9.95 Å². The molecule has 1 atom stereocenters. The standard InChI is InChI=1S/C15H18ClNO6/c1-3-22-14(18)13(15(19)23-4-2)11(9-17(20)21)10-7-5-6-8-12(10)16/h5-8,11,13H,3-4,9H2,1-2H3/t11-/m0/s1. The van der Waals surface area contributed by atoms with E-state index in [1.807, 2.05) is 0 Å². The van der Waals surface area contributed by atoms with Crippen molar-refractivity contribution in [2.24, 2.45) is 5.92 Å². The molecule has 0 saturated heterocycles. The van der Waals surface area contributed by atoms with E-state index in [1.165, 1.54) is 6.07 Å². The quantitative estimate of drug-likeness (QED) is 0.311. The normalized spacial score (nSPS) is 11.8. The third-order valence-electron chi connectivity index (χ3n) is 3.13. The van der Waals surface area contributed by atoms with E-state index in [1.54, 1.807) is 32.0 Å². The van der Waals surface area contributed by atoms with Gasteiger partial charge in [-0.05, 0) is 25.5 Å². The van der Waals surface area contributed by atoms with Crippen LogP contribution in [0.4, 0.5) is 0 Å². The van der Waals surface area contributed by atoms with Crippen molar-refractivity contribution in [3.8, 4) is 0 Å². The van der Waals surface area contributed by atoms with Crippen LogP contribution in [0.3, 0.4) is 0 Å². The molecule has 1 rings (SSSR count). The second kappa shape index (κ2) is 9.09. The van der Waals surface area contributed by atoms with Crippen molar-refractivity contribution in [3.05, 3.63) is 45.0 Å². The Balaban J connectivity index is 3.31. The second-order valence-corrected chi connectivity index (χ2v) is 5.03. The van der Waals surface area contributed by atoms with Crippen molar-refractivity contribution >= 4 is 23.5 Å². The molecule has 0 amide bonds. The number of carbonyl (C=O) groups excluding carboxylic acids is 2. The first-order chi connectivity index (χ1) is 10.9. The Morgan fingerprint density at radius 2 is 1.70 bits per heavy atom. The molecule has 0 saturated carbocycles. The third kappa shape index (κ3) is 5.21. The summed E-state index contributed by atoms with van der Waals surface area (Å²) in [5.74, 6) is -4.24. The Kier molecular flexibility index (Phi) is 7.47. The highest BCUT2D eigenvalue weighted by Crippen LogP contribution is 2.32. The SMILES string of the molecule is CCOC(=O)C(C(=O)OCC)[C@@H](C[N+](=O)[O-])c1ccccc1Cl. The van der Waals surface area contributed by atoms with Gasteiger partial charge in [0.1, 0.15) is 0 Å². The molecule has 0 spiro atoms. The lowest BCUT2D eigenvalue weighted by atomic mass is 9.85. The number of benzene rings is 1. The molecule has 0 aromatic heterocycles. The van der Waals surface area contributed by atoms with Gasteiger partial charge in [0.05, 0.1) is 19.1 Å². The number of hydrogen-bond donors (Lipinski definition) is 0. The predicted octanol–water partition coefficient (Wildman–Crippen LogP) is 2.44. The van der Waals surface area contributed by atoms with E-state index in [0.717, 1.165) is 0 Å². The molecule has 0 radical (unpaired) electrons. The van der Waals surface area contributed by atoms with Gasteiger partial charge in [-0.2, -0.15) is 0 Å². The Morgan fingerprint density at radius 3 is 2.13 bits per heavy atom. The molecule has 1 aromatic carbocycles. The maximum absolute atomic E-state index is 12.2. The molecule has 0 aliphatic heterocycles. The van der Waals surface area contributed by atoms with E-state index in [2.05, 4.69) is 0 Å². The van der Waals surface area contributed by atoms with Crippen molar-refractivity contribution < 1.29 is 24.0 Å². The number of hydrogen-bond acceptors (Lipinski definition) is 6. The predicted molar refractivity (Wildman–Crippen MR) is 82.8 cm³/mol. The average molecular weight is 344 g/mol. The lowest BCUT2D eigenvalue weighted by Crippen LogP contribution is -2.36. The van der Waals surface area contributed by atoms with Crippen LogP contribution in [0.5, 0.6) is 0 Å². The molecule has 126 valence electrons. The maximum Gasteiger partial charge on any atom is 0.321 e. The summed E-state index contributed by atoms with van der Waals surface area (Å²) in [5.41, 5.74) is 0.331. The summed E-state index contributed by atoms with van der Waals surface area (Å²) in [6, 6.07) is 6.36. The second-order valence-electron chi connectivity index (χ2n) is 4.63. The molecule has 8 heteroatoms. The van der Waals surface area contributed by atoms with Crippen LogP contribution in [0, 0.1) is 16.0 Å². The molecule has 0 N–H and O–H groups in total. The van der Waals surface area contributed by atoms with Crippen LogP contribution in [-0.4, -0.2) is 36.6 Å². The summed E-state index contributed by atoms with van der Waals surface area (Å²) in [7, 11) is 0. The van der Waals surface area contributed by atoms with Crippen LogP contribution >= 0.6 is 11.6 Å². The zero-order chi connectivity index (χ0) is 17.4. The first-order valence-corrected chi connectivity index (χ1v) is 7.49. The summed E-state index contributed by atoms with van der Waals surface area (Å²) >= 11 is 6.08. The van der Waals surface area contributed by atoms with E-state index in [4.69, 9.17) is 21.1 Å². The van der Waals surface area contributed by atoms with Crippen molar-refractivity contribution in [3.63, 3.8) is 0 Å². The van der Waals surface area contributed by atoms with Gasteiger partial charge in [-0.15, -0.1) is 0 Å². The Labute approximate surface area is 138 Å². The fraction of sp³-hybridized carbons (Fsp3) is 0.467. The van der Waals surface area contributed by atoms with Crippen molar-refractivity contribution in [1.82, 2.24) is 0 Å². The largest absolute Gasteiger partial charge is 0.465 e. The highest BCUT2D eigenvalue weighted by atomic mass is 35.5. The molecule has 0 fully saturated rings. The number of halogens is 1. The highest BCUT2D eigenvalue weighted by molar-refractivity contribution is 6.31. The van der Waals surface area contributed by atoms with E-state index >= 15 is 0 Å². The summed E-state index contributed by atoms with van der Waals surface area (Å²) in [6.07, 6.45) is 0. The zero-order valence-electron chi connectivity index (χ0n) is 12.9. The number of ether oxygens (including phenoxy) is 2. The topological polar surface area (TPSA) is 95.7 Å². The van der Waals surface area contributed by atoms with Crippen LogP contribution in [0.2, 0.25) is 5.02 Å². The summed E-state index contributed by atoms with van der Waals surface area (Å²) in [6.45, 7) is 2.60. The molecular weight excluding hydrogens is 326 g/mol. The van der Waals surface area contributed by atoms with Crippen LogP contribution < -0.4 is 0 Å². The number of esters is 2. The fourth-order valence-electron chi connectivity index (χ4n) is 2.21. The summed E-state index contributed by atoms with van der Waals surface area (Å²) in [4.78, 5) is 34.8. The molecule has 0 heterocycles. The maximum atomic E-state index is 12.2. The fourth-order valence-corrected chi connectivity index (χ4v) is 2.48. The smallest absolute Gasteiger partial charge is 0.321 e. The molecule has 0 bridgehead atoms. The zero-order valence-corrected chi connectivity index (χ0v) is 13.6. The van der Waals surface area contributed by atoms with Gasteiger partial charge in [-0.3, -0.25) is 19.7 Å². The summed E-state index contributed by atoms with van der Waals surface area (Å²) < 4.78 is 9.78. The summed E-state index contributed by atoms with van der Waals surface area (Å²) in [5, 5.41) is 11.3. The van der Waals surface area contributed by atoms with Crippen molar-refractivity contribution in [2.45, 2.75) is 19.8 Å².